The molecule has 0 saturated heterocycles. The van der Waals surface area contributed by atoms with Gasteiger partial charge < -0.3 is 33.8 Å². The zero-order chi connectivity index (χ0) is 73.1. The molecule has 0 aliphatic heterocycles. The van der Waals surface area contributed by atoms with Crippen LogP contribution in [0.25, 0.3) is 0 Å². The summed E-state index contributed by atoms with van der Waals surface area (Å²) >= 11 is 0. The summed E-state index contributed by atoms with van der Waals surface area (Å²) in [6.45, 7) is 14.2. The first kappa shape index (κ1) is 97.1. The topological polar surface area (TPSA) is 237 Å². The van der Waals surface area contributed by atoms with Gasteiger partial charge in [0.25, 0.3) is 0 Å². The van der Waals surface area contributed by atoms with E-state index in [2.05, 4.69) is 55.4 Å². The lowest BCUT2D eigenvalue weighted by atomic mass is 10.0. The predicted octanol–water partition coefficient (Wildman–Crippen LogP) is 23.6. The minimum atomic E-state index is -4.96. The first-order chi connectivity index (χ1) is 47.6. The van der Waals surface area contributed by atoms with Crippen LogP contribution in [0.4, 0.5) is 0 Å². The fourth-order valence-corrected chi connectivity index (χ4v) is 13.8. The average molecular weight is 1450 g/mol. The van der Waals surface area contributed by atoms with E-state index in [0.29, 0.717) is 31.6 Å². The molecule has 17 nitrogen and oxygen atoms in total. The minimum absolute atomic E-state index is 0.106. The predicted molar refractivity (Wildman–Crippen MR) is 404 cm³/mol. The molecule has 5 atom stereocenters. The maximum atomic E-state index is 13.1. The van der Waals surface area contributed by atoms with Crippen LogP contribution in [-0.4, -0.2) is 96.7 Å². The molecule has 0 aromatic heterocycles. The molecule has 0 aromatic rings. The third-order valence-electron chi connectivity index (χ3n) is 18.6. The standard InChI is InChI=1S/C80H156O17P2/c1-70(2)56-48-40-32-26-20-16-13-11-9-10-12-14-18-23-30-36-46-54-62-79(84)97-76(67-91-78(83)61-53-45-39-38-43-51-59-73(7)8)69-95-99(88,89)93-65-74(81)64-92-98(86,87)94-68-75(96-80(85)63-55-47-37-31-25-24-28-34-42-50-58-72(5)6)66-90-77(82)60-52-44-35-29-22-19-15-17-21-27-33-41-49-57-71(3)4/h70-76,81H,9-69H2,1-8H3,(H,86,87)(H,88,89)/t74?,75-,76-/m1/s1. The molecule has 19 heteroatoms. The molecule has 0 spiro atoms. The van der Waals surface area contributed by atoms with Gasteiger partial charge in [0.2, 0.25) is 0 Å². The Bertz CT molecular complexity index is 1940. The summed E-state index contributed by atoms with van der Waals surface area (Å²) in [6.07, 6.45) is 55.7. The van der Waals surface area contributed by atoms with E-state index in [9.17, 15) is 43.2 Å². The molecule has 0 fully saturated rings. The van der Waals surface area contributed by atoms with Gasteiger partial charge >= 0.3 is 39.5 Å². The lowest BCUT2D eigenvalue weighted by Crippen LogP contribution is -2.30. The van der Waals surface area contributed by atoms with Crippen molar-refractivity contribution < 1.29 is 80.2 Å². The summed E-state index contributed by atoms with van der Waals surface area (Å²) in [5, 5.41) is 10.6. The molecule has 3 unspecified atom stereocenters. The van der Waals surface area contributed by atoms with E-state index >= 15 is 0 Å². The first-order valence-corrected chi connectivity index (χ1v) is 44.2. The molecule has 0 aromatic carbocycles. The van der Waals surface area contributed by atoms with Gasteiger partial charge in [-0.15, -0.1) is 0 Å². The van der Waals surface area contributed by atoms with E-state index in [4.69, 9.17) is 37.0 Å². The Morgan fingerprint density at radius 2 is 0.424 bits per heavy atom. The number of aliphatic hydroxyl groups excluding tert-OH is 1. The van der Waals surface area contributed by atoms with Crippen molar-refractivity contribution in [3.63, 3.8) is 0 Å². The number of ether oxygens (including phenoxy) is 4. The lowest BCUT2D eigenvalue weighted by molar-refractivity contribution is -0.161. The maximum Gasteiger partial charge on any atom is 0.472 e. The minimum Gasteiger partial charge on any atom is -0.462 e. The average Bonchev–Trinajstić information content (AvgIpc) is 1.00. The van der Waals surface area contributed by atoms with Crippen LogP contribution in [0, 0.1) is 23.7 Å². The maximum absolute atomic E-state index is 13.1. The van der Waals surface area contributed by atoms with E-state index in [1.807, 2.05) is 0 Å². The Morgan fingerprint density at radius 1 is 0.253 bits per heavy atom. The highest BCUT2D eigenvalue weighted by molar-refractivity contribution is 7.47. The van der Waals surface area contributed by atoms with E-state index in [1.54, 1.807) is 0 Å². The van der Waals surface area contributed by atoms with Crippen molar-refractivity contribution in [2.75, 3.05) is 39.6 Å². The van der Waals surface area contributed by atoms with Crippen LogP contribution >= 0.6 is 15.6 Å². The molecule has 0 saturated carbocycles. The number of unbranched alkanes of at least 4 members (excludes halogenated alkanes) is 43. The molecule has 588 valence electrons. The molecule has 3 N–H and O–H groups in total. The van der Waals surface area contributed by atoms with Crippen molar-refractivity contribution in [2.45, 2.75) is 427 Å². The van der Waals surface area contributed by atoms with Crippen molar-refractivity contribution in [3.05, 3.63) is 0 Å². The summed E-state index contributed by atoms with van der Waals surface area (Å²) < 4.78 is 68.6. The van der Waals surface area contributed by atoms with Gasteiger partial charge in [-0.2, -0.15) is 0 Å². The van der Waals surface area contributed by atoms with Crippen LogP contribution in [0.2, 0.25) is 0 Å². The number of phosphoric ester groups is 2. The van der Waals surface area contributed by atoms with Crippen LogP contribution in [0.5, 0.6) is 0 Å². The highest BCUT2D eigenvalue weighted by Crippen LogP contribution is 2.45. The highest BCUT2D eigenvalue weighted by atomic mass is 31.2. The highest BCUT2D eigenvalue weighted by Gasteiger charge is 2.30. The second-order valence-corrected chi connectivity index (χ2v) is 33.6. The fraction of sp³-hybridized carbons (Fsp3) is 0.950. The number of rotatable bonds is 77. The van der Waals surface area contributed by atoms with Gasteiger partial charge in [0, 0.05) is 25.7 Å². The molecule has 0 aliphatic rings. The van der Waals surface area contributed by atoms with Gasteiger partial charge in [0.1, 0.15) is 19.3 Å². The molecule has 0 radical (unpaired) electrons. The van der Waals surface area contributed by atoms with Crippen molar-refractivity contribution in [3.8, 4) is 0 Å². The van der Waals surface area contributed by atoms with E-state index < -0.39 is 97.5 Å². The second kappa shape index (κ2) is 69.1. The Hall–Kier alpha value is -1.94. The number of esters is 4. The van der Waals surface area contributed by atoms with E-state index in [-0.39, 0.29) is 25.7 Å². The van der Waals surface area contributed by atoms with E-state index in [0.717, 1.165) is 114 Å². The Kier molecular flexibility index (Phi) is 67.8. The van der Waals surface area contributed by atoms with Crippen LogP contribution in [0.15, 0.2) is 0 Å². The van der Waals surface area contributed by atoms with Crippen molar-refractivity contribution in [1.29, 1.82) is 0 Å². The van der Waals surface area contributed by atoms with Crippen molar-refractivity contribution >= 4 is 39.5 Å². The van der Waals surface area contributed by atoms with Crippen molar-refractivity contribution in [1.82, 2.24) is 0 Å². The monoisotopic (exact) mass is 1450 g/mol. The summed E-state index contributed by atoms with van der Waals surface area (Å²) in [5.41, 5.74) is 0. The van der Waals surface area contributed by atoms with Crippen molar-refractivity contribution in [2.24, 2.45) is 23.7 Å². The van der Waals surface area contributed by atoms with Crippen LogP contribution in [-0.2, 0) is 65.4 Å². The van der Waals surface area contributed by atoms with Gasteiger partial charge in [-0.1, -0.05) is 357 Å². The molecule has 0 amide bonds. The second-order valence-electron chi connectivity index (χ2n) is 30.7. The summed E-state index contributed by atoms with van der Waals surface area (Å²) in [7, 11) is -9.92. The van der Waals surface area contributed by atoms with Gasteiger partial charge in [0.05, 0.1) is 26.4 Å². The SMILES string of the molecule is CC(C)CCCCCCCCCCCCCCCCCCCCC(=O)O[C@H](COC(=O)CCCCCCCCC(C)C)COP(=O)(O)OCC(O)COP(=O)(O)OC[C@@H](COC(=O)CCCCCCCCCCCCCCCC(C)C)OC(=O)CCCCCCCCCCCCC(C)C. The third-order valence-corrected chi connectivity index (χ3v) is 20.5. The third kappa shape index (κ3) is 74.1. The largest absolute Gasteiger partial charge is 0.472 e. The lowest BCUT2D eigenvalue weighted by Gasteiger charge is -2.21. The molecular weight excluding hydrogens is 1290 g/mol. The zero-order valence-electron chi connectivity index (χ0n) is 65.1. The number of carbonyl (C=O) groups is 4. The number of phosphoric acid groups is 2. The Balaban J connectivity index is 5.18. The number of aliphatic hydroxyl groups is 1. The summed E-state index contributed by atoms with van der Waals surface area (Å²) in [4.78, 5) is 72.9. The molecule has 99 heavy (non-hydrogen) atoms. The van der Waals surface area contributed by atoms with Gasteiger partial charge in [-0.3, -0.25) is 37.3 Å². The number of carbonyl (C=O) groups excluding carboxylic acids is 4. The molecule has 0 rings (SSSR count). The van der Waals surface area contributed by atoms with Crippen LogP contribution in [0.1, 0.15) is 409 Å². The quantitative estimate of drug-likeness (QED) is 0.0222. The van der Waals surface area contributed by atoms with Crippen LogP contribution < -0.4 is 0 Å². The number of hydrogen-bond acceptors (Lipinski definition) is 15. The first-order valence-electron chi connectivity index (χ1n) is 41.2. The summed E-state index contributed by atoms with van der Waals surface area (Å²) in [6, 6.07) is 0. The number of hydrogen-bond donors (Lipinski definition) is 3. The van der Waals surface area contributed by atoms with Gasteiger partial charge in [-0.25, -0.2) is 9.13 Å². The molecule has 0 bridgehead atoms. The Morgan fingerprint density at radius 3 is 0.626 bits per heavy atom. The van der Waals surface area contributed by atoms with Gasteiger partial charge in [-0.05, 0) is 49.4 Å². The fourth-order valence-electron chi connectivity index (χ4n) is 12.3. The Labute approximate surface area is 607 Å². The van der Waals surface area contributed by atoms with E-state index in [1.165, 1.54) is 205 Å². The van der Waals surface area contributed by atoms with Gasteiger partial charge in [0.15, 0.2) is 12.2 Å². The molecule has 0 heterocycles. The summed E-state index contributed by atoms with van der Waals surface area (Å²) in [5.74, 6) is 0.925. The molecular formula is C80H156O17P2. The zero-order valence-corrected chi connectivity index (χ0v) is 66.9. The van der Waals surface area contributed by atoms with Crippen LogP contribution in [0.3, 0.4) is 0 Å². The molecule has 0 aliphatic carbocycles. The normalized spacial score (nSPS) is 14.1. The smallest absolute Gasteiger partial charge is 0.462 e.